The van der Waals surface area contributed by atoms with Crippen LogP contribution >= 0.6 is 0 Å². The van der Waals surface area contributed by atoms with Gasteiger partial charge in [0.25, 0.3) is 0 Å². The maximum Gasteiger partial charge on any atom is 0.335 e. The summed E-state index contributed by atoms with van der Waals surface area (Å²) in [5.74, 6) is -0.959. The van der Waals surface area contributed by atoms with Crippen LogP contribution < -0.4 is 11.0 Å². The quantitative estimate of drug-likeness (QED) is 0.531. The van der Waals surface area contributed by atoms with Crippen LogP contribution in [0.15, 0.2) is 59.7 Å². The van der Waals surface area contributed by atoms with E-state index in [1.807, 2.05) is 31.2 Å². The van der Waals surface area contributed by atoms with Gasteiger partial charge in [-0.1, -0.05) is 6.07 Å². The number of hydrogen-bond acceptors (Lipinski definition) is 5. The first-order valence-electron chi connectivity index (χ1n) is 10.1. The van der Waals surface area contributed by atoms with Crippen LogP contribution in [0, 0.1) is 6.92 Å². The highest BCUT2D eigenvalue weighted by Gasteiger charge is 2.24. The standard InChI is InChI=1S/C23H21N5O3/c1-14-11-15(22(29)30)4-6-18(14)19-7-5-16(13-26-19)27-20-3-2-9-25-21(20)28(23(27)31)17-8-10-24-12-17/h2-7,9,11,13,17,24H,8,10,12H2,1H3,(H,29,30)/t17-/m0/s1. The summed E-state index contributed by atoms with van der Waals surface area (Å²) in [6.45, 7) is 3.49. The fourth-order valence-electron chi connectivity index (χ4n) is 4.25. The van der Waals surface area contributed by atoms with Gasteiger partial charge in [-0.05, 0) is 61.9 Å². The molecule has 1 atom stereocenters. The molecule has 1 fully saturated rings. The Balaban J connectivity index is 1.59. The van der Waals surface area contributed by atoms with Gasteiger partial charge < -0.3 is 10.4 Å². The lowest BCUT2D eigenvalue weighted by atomic mass is 10.0. The predicted octanol–water partition coefficient (Wildman–Crippen LogP) is 2.79. The summed E-state index contributed by atoms with van der Waals surface area (Å²) in [6, 6.07) is 12.5. The van der Waals surface area contributed by atoms with Crippen molar-refractivity contribution in [2.24, 2.45) is 0 Å². The fourth-order valence-corrected chi connectivity index (χ4v) is 4.25. The molecular formula is C23H21N5O3. The number of aromatic nitrogens is 4. The Morgan fingerprint density at radius 2 is 2.06 bits per heavy atom. The molecule has 0 bridgehead atoms. The normalized spacial score (nSPS) is 16.1. The van der Waals surface area contributed by atoms with E-state index in [2.05, 4.69) is 15.3 Å². The van der Waals surface area contributed by atoms with Crippen molar-refractivity contribution >= 4 is 17.1 Å². The van der Waals surface area contributed by atoms with Crippen molar-refractivity contribution in [3.63, 3.8) is 0 Å². The molecule has 8 heteroatoms. The van der Waals surface area contributed by atoms with Gasteiger partial charge in [0.1, 0.15) is 0 Å². The molecule has 1 saturated heterocycles. The van der Waals surface area contributed by atoms with Crippen LogP contribution in [0.4, 0.5) is 0 Å². The molecule has 4 aromatic rings. The molecule has 1 aromatic carbocycles. The van der Waals surface area contributed by atoms with Gasteiger partial charge in [0.15, 0.2) is 5.65 Å². The number of fused-ring (bicyclic) bond motifs is 1. The molecule has 0 spiro atoms. The van der Waals surface area contributed by atoms with Crippen molar-refractivity contribution in [1.82, 2.24) is 24.4 Å². The van der Waals surface area contributed by atoms with Crippen molar-refractivity contribution in [3.05, 3.63) is 76.5 Å². The number of hydrogen-bond donors (Lipinski definition) is 2. The number of benzene rings is 1. The number of aromatic carboxylic acids is 1. The second kappa shape index (κ2) is 7.48. The molecule has 0 unspecified atom stereocenters. The number of aryl methyl sites for hydroxylation is 1. The monoisotopic (exact) mass is 415 g/mol. The molecule has 0 saturated carbocycles. The van der Waals surface area contributed by atoms with Gasteiger partial charge in [0.05, 0.1) is 34.7 Å². The van der Waals surface area contributed by atoms with Gasteiger partial charge in [0, 0.05) is 18.3 Å². The zero-order valence-corrected chi connectivity index (χ0v) is 16.9. The molecule has 5 rings (SSSR count). The molecule has 0 amide bonds. The number of imidazole rings is 1. The lowest BCUT2D eigenvalue weighted by Gasteiger charge is -2.09. The summed E-state index contributed by atoms with van der Waals surface area (Å²) >= 11 is 0. The van der Waals surface area contributed by atoms with Crippen LogP contribution in [0.25, 0.3) is 28.1 Å². The zero-order chi connectivity index (χ0) is 21.5. The number of carbonyl (C=O) groups is 1. The average molecular weight is 415 g/mol. The summed E-state index contributed by atoms with van der Waals surface area (Å²) in [6.07, 6.45) is 4.26. The first-order valence-corrected chi connectivity index (χ1v) is 10.1. The Kier molecular flexibility index (Phi) is 4.63. The number of carboxylic acid groups (broad SMARTS) is 1. The lowest BCUT2D eigenvalue weighted by Crippen LogP contribution is -2.28. The topological polar surface area (TPSA) is 102 Å². The maximum atomic E-state index is 13.4. The molecule has 2 N–H and O–H groups in total. The van der Waals surface area contributed by atoms with Crippen molar-refractivity contribution in [3.8, 4) is 16.9 Å². The second-order valence-corrected chi connectivity index (χ2v) is 7.72. The van der Waals surface area contributed by atoms with E-state index in [1.54, 1.807) is 39.7 Å². The molecular weight excluding hydrogens is 394 g/mol. The van der Waals surface area contributed by atoms with E-state index >= 15 is 0 Å². The van der Waals surface area contributed by atoms with E-state index in [1.165, 1.54) is 0 Å². The van der Waals surface area contributed by atoms with Crippen LogP contribution in [0.3, 0.4) is 0 Å². The minimum Gasteiger partial charge on any atom is -0.478 e. The first kappa shape index (κ1) is 19.2. The first-order chi connectivity index (χ1) is 15.0. The zero-order valence-electron chi connectivity index (χ0n) is 16.9. The second-order valence-electron chi connectivity index (χ2n) is 7.72. The van der Waals surface area contributed by atoms with Crippen molar-refractivity contribution < 1.29 is 9.90 Å². The Labute approximate surface area is 177 Å². The number of nitrogens with one attached hydrogen (secondary N) is 1. The summed E-state index contributed by atoms with van der Waals surface area (Å²) in [4.78, 5) is 33.6. The van der Waals surface area contributed by atoms with Crippen molar-refractivity contribution in [2.45, 2.75) is 19.4 Å². The van der Waals surface area contributed by atoms with Crippen LogP contribution in [0.2, 0.25) is 0 Å². The molecule has 3 aromatic heterocycles. The molecule has 1 aliphatic rings. The Bertz CT molecular complexity index is 1350. The minimum absolute atomic E-state index is 0.0776. The Hall–Kier alpha value is -3.78. The lowest BCUT2D eigenvalue weighted by molar-refractivity contribution is 0.0697. The average Bonchev–Trinajstić information content (AvgIpc) is 3.39. The summed E-state index contributed by atoms with van der Waals surface area (Å²) in [5, 5.41) is 12.5. The van der Waals surface area contributed by atoms with E-state index in [9.17, 15) is 9.59 Å². The highest BCUT2D eigenvalue weighted by atomic mass is 16.4. The van der Waals surface area contributed by atoms with Gasteiger partial charge in [-0.2, -0.15) is 0 Å². The number of rotatable bonds is 4. The van der Waals surface area contributed by atoms with Crippen LogP contribution in [0.5, 0.6) is 0 Å². The highest BCUT2D eigenvalue weighted by molar-refractivity contribution is 5.88. The molecule has 156 valence electrons. The van der Waals surface area contributed by atoms with Gasteiger partial charge >= 0.3 is 11.7 Å². The van der Waals surface area contributed by atoms with Crippen molar-refractivity contribution in [1.29, 1.82) is 0 Å². The van der Waals surface area contributed by atoms with E-state index in [0.29, 0.717) is 17.0 Å². The summed E-state index contributed by atoms with van der Waals surface area (Å²) < 4.78 is 3.43. The van der Waals surface area contributed by atoms with Crippen LogP contribution in [0.1, 0.15) is 28.4 Å². The number of nitrogens with zero attached hydrogens (tertiary/aromatic N) is 4. The Morgan fingerprint density at radius 1 is 1.19 bits per heavy atom. The molecule has 0 aliphatic carbocycles. The minimum atomic E-state index is -0.959. The van der Waals surface area contributed by atoms with Crippen LogP contribution in [-0.2, 0) is 0 Å². The maximum absolute atomic E-state index is 13.4. The summed E-state index contributed by atoms with van der Waals surface area (Å²) in [5.41, 5.74) is 4.59. The van der Waals surface area contributed by atoms with E-state index in [-0.39, 0.29) is 17.3 Å². The smallest absolute Gasteiger partial charge is 0.335 e. The molecule has 8 nitrogen and oxygen atoms in total. The van der Waals surface area contributed by atoms with Gasteiger partial charge in [-0.25, -0.2) is 14.6 Å². The Morgan fingerprint density at radius 3 is 2.74 bits per heavy atom. The largest absolute Gasteiger partial charge is 0.478 e. The van der Waals surface area contributed by atoms with Gasteiger partial charge in [-0.15, -0.1) is 0 Å². The third-order valence-corrected chi connectivity index (χ3v) is 5.79. The van der Waals surface area contributed by atoms with Crippen molar-refractivity contribution in [2.75, 3.05) is 13.1 Å². The highest BCUT2D eigenvalue weighted by Crippen LogP contribution is 2.25. The molecule has 1 aliphatic heterocycles. The molecule has 0 radical (unpaired) electrons. The van der Waals surface area contributed by atoms with E-state index in [0.717, 1.165) is 36.2 Å². The van der Waals surface area contributed by atoms with Crippen LogP contribution in [-0.4, -0.2) is 43.3 Å². The third kappa shape index (κ3) is 3.21. The molecule has 31 heavy (non-hydrogen) atoms. The number of carboxylic acids is 1. The van der Waals surface area contributed by atoms with Gasteiger partial charge in [0.2, 0.25) is 0 Å². The SMILES string of the molecule is Cc1cc(C(=O)O)ccc1-c1ccc(-n2c(=O)n([C@H]3CCNC3)c3ncccc32)cn1. The number of pyridine rings is 2. The predicted molar refractivity (Wildman–Crippen MR) is 117 cm³/mol. The van der Waals surface area contributed by atoms with Gasteiger partial charge in [-0.3, -0.25) is 14.1 Å². The third-order valence-electron chi connectivity index (χ3n) is 5.79. The molecule has 4 heterocycles. The van der Waals surface area contributed by atoms with E-state index in [4.69, 9.17) is 5.11 Å². The fraction of sp³-hybridized carbons (Fsp3) is 0.217. The summed E-state index contributed by atoms with van der Waals surface area (Å²) in [7, 11) is 0. The van der Waals surface area contributed by atoms with E-state index < -0.39 is 5.97 Å².